The predicted octanol–water partition coefficient (Wildman–Crippen LogP) is 0.00800. The van der Waals surface area contributed by atoms with Crippen LogP contribution in [-0.4, -0.2) is 22.1 Å². The Morgan fingerprint density at radius 1 is 1.75 bits per heavy atom. The fourth-order valence-electron chi connectivity index (χ4n) is 0.235. The van der Waals surface area contributed by atoms with Crippen molar-refractivity contribution in [2.45, 2.75) is 13.0 Å². The summed E-state index contributed by atoms with van der Waals surface area (Å²) in [5.41, 5.74) is 0. The Morgan fingerprint density at radius 2 is 2.12 bits per heavy atom. The normalized spacial score (nSPS) is 12.8. The monoisotopic (exact) mass is 116 g/mol. The van der Waals surface area contributed by atoms with Gasteiger partial charge in [-0.1, -0.05) is 6.58 Å². The third-order valence-electron chi connectivity index (χ3n) is 0.701. The van der Waals surface area contributed by atoms with Gasteiger partial charge in [0.2, 0.25) is 0 Å². The van der Waals surface area contributed by atoms with Gasteiger partial charge in [-0.3, -0.25) is 4.79 Å². The van der Waals surface area contributed by atoms with Gasteiger partial charge in [0.05, 0.1) is 0 Å². The molecule has 0 aliphatic heterocycles. The number of rotatable bonds is 2. The first-order chi connectivity index (χ1) is 3.55. The van der Waals surface area contributed by atoms with E-state index in [4.69, 9.17) is 10.2 Å². The van der Waals surface area contributed by atoms with Crippen molar-refractivity contribution in [1.29, 1.82) is 0 Å². The van der Waals surface area contributed by atoms with E-state index in [2.05, 4.69) is 6.58 Å². The predicted molar refractivity (Wildman–Crippen MR) is 28.5 cm³/mol. The second-order valence-corrected chi connectivity index (χ2v) is 1.50. The molecule has 1 unspecified atom stereocenters. The molecule has 0 fully saturated rings. The molecule has 0 aliphatic rings. The minimum absolute atomic E-state index is 0.502. The van der Waals surface area contributed by atoms with Gasteiger partial charge in [-0.05, 0) is 6.92 Å². The molecule has 1 atom stereocenters. The molecule has 0 spiro atoms. The van der Waals surface area contributed by atoms with E-state index in [0.717, 1.165) is 0 Å². The van der Waals surface area contributed by atoms with E-state index in [9.17, 15) is 4.79 Å². The molecule has 0 amide bonds. The van der Waals surface area contributed by atoms with E-state index in [-0.39, 0.29) is 0 Å². The maximum Gasteiger partial charge on any atom is 0.168 e. The molecule has 2 N–H and O–H groups in total. The van der Waals surface area contributed by atoms with Crippen LogP contribution in [0.1, 0.15) is 6.92 Å². The Hall–Kier alpha value is -0.830. The molecule has 0 saturated heterocycles. The SMILES string of the molecule is C=C(O)C(O)C(C)=O. The molecule has 3 heteroatoms. The number of carbonyl (C=O) groups excluding carboxylic acids is 1. The minimum Gasteiger partial charge on any atom is -0.510 e. The summed E-state index contributed by atoms with van der Waals surface area (Å²) < 4.78 is 0. The van der Waals surface area contributed by atoms with Crippen molar-refractivity contribution < 1.29 is 15.0 Å². The van der Waals surface area contributed by atoms with Crippen molar-refractivity contribution in [3.63, 3.8) is 0 Å². The molecule has 46 valence electrons. The van der Waals surface area contributed by atoms with Crippen molar-refractivity contribution in [2.75, 3.05) is 0 Å². The van der Waals surface area contributed by atoms with Gasteiger partial charge in [-0.15, -0.1) is 0 Å². The van der Waals surface area contributed by atoms with E-state index in [1.54, 1.807) is 0 Å². The molecule has 0 aromatic heterocycles. The van der Waals surface area contributed by atoms with Crippen molar-refractivity contribution in [1.82, 2.24) is 0 Å². The van der Waals surface area contributed by atoms with Crippen LogP contribution in [0.25, 0.3) is 0 Å². The molecule has 0 bridgehead atoms. The summed E-state index contributed by atoms with van der Waals surface area (Å²) in [5, 5.41) is 16.8. The quantitative estimate of drug-likeness (QED) is 0.499. The van der Waals surface area contributed by atoms with Crippen LogP contribution in [-0.2, 0) is 4.79 Å². The first-order valence-electron chi connectivity index (χ1n) is 2.12. The summed E-state index contributed by atoms with van der Waals surface area (Å²) in [6.45, 7) is 4.13. The Morgan fingerprint density at radius 3 is 2.12 bits per heavy atom. The molecule has 0 radical (unpaired) electrons. The zero-order chi connectivity index (χ0) is 6.73. The molecule has 0 heterocycles. The van der Waals surface area contributed by atoms with Crippen LogP contribution in [0.3, 0.4) is 0 Å². The standard InChI is InChI=1S/C5H8O3/c1-3(6)5(8)4(2)7/h5-6,8H,1H2,2H3. The van der Waals surface area contributed by atoms with Gasteiger partial charge in [-0.25, -0.2) is 0 Å². The molecule has 0 rings (SSSR count). The third-order valence-corrected chi connectivity index (χ3v) is 0.701. The maximum absolute atomic E-state index is 10.1. The molecule has 8 heavy (non-hydrogen) atoms. The minimum atomic E-state index is -1.41. The van der Waals surface area contributed by atoms with E-state index < -0.39 is 17.6 Å². The van der Waals surface area contributed by atoms with Crippen molar-refractivity contribution in [3.8, 4) is 0 Å². The van der Waals surface area contributed by atoms with Crippen LogP contribution in [0.15, 0.2) is 12.3 Å². The second-order valence-electron chi connectivity index (χ2n) is 1.50. The van der Waals surface area contributed by atoms with Gasteiger partial charge in [0.25, 0.3) is 0 Å². The molecule has 0 aliphatic carbocycles. The van der Waals surface area contributed by atoms with Gasteiger partial charge in [0.1, 0.15) is 5.76 Å². The Kier molecular flexibility index (Phi) is 2.21. The average Bonchev–Trinajstić information content (AvgIpc) is 1.64. The maximum atomic E-state index is 10.1. The lowest BCUT2D eigenvalue weighted by Gasteiger charge is -2.00. The van der Waals surface area contributed by atoms with E-state index >= 15 is 0 Å². The summed E-state index contributed by atoms with van der Waals surface area (Å²) >= 11 is 0. The summed E-state index contributed by atoms with van der Waals surface area (Å²) in [5.74, 6) is -1.00. The highest BCUT2D eigenvalue weighted by Gasteiger charge is 2.10. The van der Waals surface area contributed by atoms with Crippen LogP contribution in [0.4, 0.5) is 0 Å². The van der Waals surface area contributed by atoms with Crippen LogP contribution in [0.5, 0.6) is 0 Å². The first-order valence-corrected chi connectivity index (χ1v) is 2.12. The van der Waals surface area contributed by atoms with E-state index in [0.29, 0.717) is 0 Å². The number of hydrogen-bond acceptors (Lipinski definition) is 3. The lowest BCUT2D eigenvalue weighted by atomic mass is 10.2. The third kappa shape index (κ3) is 1.75. The number of Topliss-reactive ketones (excluding diaryl/α,β-unsaturated/α-hetero) is 1. The summed E-state index contributed by atoms with van der Waals surface area (Å²) in [7, 11) is 0. The van der Waals surface area contributed by atoms with E-state index in [1.807, 2.05) is 0 Å². The molecular weight excluding hydrogens is 108 g/mol. The van der Waals surface area contributed by atoms with Gasteiger partial charge in [-0.2, -0.15) is 0 Å². The van der Waals surface area contributed by atoms with Crippen molar-refractivity contribution >= 4 is 5.78 Å². The second kappa shape index (κ2) is 2.47. The van der Waals surface area contributed by atoms with Gasteiger partial charge >= 0.3 is 0 Å². The lowest BCUT2D eigenvalue weighted by Crippen LogP contribution is -2.18. The van der Waals surface area contributed by atoms with E-state index in [1.165, 1.54) is 6.92 Å². The van der Waals surface area contributed by atoms with Crippen molar-refractivity contribution in [3.05, 3.63) is 12.3 Å². The number of aliphatic hydroxyl groups excluding tert-OH is 2. The molecule has 3 nitrogen and oxygen atoms in total. The first kappa shape index (κ1) is 7.17. The van der Waals surface area contributed by atoms with Crippen LogP contribution in [0.2, 0.25) is 0 Å². The molecule has 0 saturated carbocycles. The number of ketones is 1. The summed E-state index contributed by atoms with van der Waals surface area (Å²) in [4.78, 5) is 10.1. The Balaban J connectivity index is 3.83. The largest absolute Gasteiger partial charge is 0.510 e. The smallest absolute Gasteiger partial charge is 0.168 e. The van der Waals surface area contributed by atoms with Gasteiger partial charge < -0.3 is 10.2 Å². The fourth-order valence-corrected chi connectivity index (χ4v) is 0.235. The summed E-state index contributed by atoms with van der Waals surface area (Å²) in [6, 6.07) is 0. The molecule has 0 aromatic rings. The molecular formula is C5H8O3. The Bertz CT molecular complexity index is 103. The molecule has 0 aromatic carbocycles. The zero-order valence-corrected chi connectivity index (χ0v) is 4.59. The highest BCUT2D eigenvalue weighted by Crippen LogP contribution is 1.93. The highest BCUT2D eigenvalue weighted by atomic mass is 16.3. The Labute approximate surface area is 47.3 Å². The van der Waals surface area contributed by atoms with Gasteiger partial charge in [0, 0.05) is 0 Å². The number of carbonyl (C=O) groups is 1. The van der Waals surface area contributed by atoms with Crippen LogP contribution >= 0.6 is 0 Å². The van der Waals surface area contributed by atoms with Crippen molar-refractivity contribution in [2.24, 2.45) is 0 Å². The topological polar surface area (TPSA) is 57.5 Å². The zero-order valence-electron chi connectivity index (χ0n) is 4.59. The summed E-state index contributed by atoms with van der Waals surface area (Å²) in [6.07, 6.45) is -1.41. The van der Waals surface area contributed by atoms with Crippen LogP contribution < -0.4 is 0 Å². The average molecular weight is 116 g/mol. The van der Waals surface area contributed by atoms with Crippen LogP contribution in [0, 0.1) is 0 Å². The lowest BCUT2D eigenvalue weighted by molar-refractivity contribution is -0.124. The highest BCUT2D eigenvalue weighted by molar-refractivity contribution is 5.82. The number of hydrogen-bond donors (Lipinski definition) is 2. The van der Waals surface area contributed by atoms with Gasteiger partial charge in [0.15, 0.2) is 11.9 Å². The number of aliphatic hydroxyl groups is 2. The fraction of sp³-hybridized carbons (Fsp3) is 0.400.